The molecule has 3 aromatic heterocycles. The van der Waals surface area contributed by atoms with Crippen LogP contribution in [0, 0.1) is 25.3 Å². The van der Waals surface area contributed by atoms with Crippen molar-refractivity contribution in [1.82, 2.24) is 14.5 Å². The monoisotopic (exact) mass is 852 g/mol. The summed E-state index contributed by atoms with van der Waals surface area (Å²) in [4.78, 5) is 9.36. The summed E-state index contributed by atoms with van der Waals surface area (Å²) in [5.41, 5.74) is 13.7. The minimum atomic E-state index is 0. The van der Waals surface area contributed by atoms with Crippen molar-refractivity contribution in [2.75, 3.05) is 0 Å². The Morgan fingerprint density at radius 3 is 2.08 bits per heavy atom. The summed E-state index contributed by atoms with van der Waals surface area (Å²) < 4.78 is 3.49. The fourth-order valence-electron chi connectivity index (χ4n) is 6.53. The Balaban J connectivity index is 0.000000265. The normalized spacial score (nSPS) is 10.8. The van der Waals surface area contributed by atoms with Gasteiger partial charge in [-0.15, -0.1) is 41.3 Å². The van der Waals surface area contributed by atoms with E-state index in [1.165, 1.54) is 43.5 Å². The number of aryl methyl sites for hydroxylation is 2. The van der Waals surface area contributed by atoms with E-state index in [0.29, 0.717) is 0 Å². The Morgan fingerprint density at radius 2 is 1.33 bits per heavy atom. The van der Waals surface area contributed by atoms with E-state index in [9.17, 15) is 0 Å². The van der Waals surface area contributed by atoms with Gasteiger partial charge in [-0.2, -0.15) is 0 Å². The third kappa shape index (κ3) is 6.97. The molecule has 1 radical (unpaired) electrons. The Bertz CT molecular complexity index is 2480. The minimum absolute atomic E-state index is 0. The summed E-state index contributed by atoms with van der Waals surface area (Å²) in [5.74, 6) is 0.920. The molecule has 0 fully saturated rings. The van der Waals surface area contributed by atoms with Gasteiger partial charge in [-0.05, 0) is 83.3 Å². The number of benzene rings is 6. The summed E-state index contributed by atoms with van der Waals surface area (Å²) in [6, 6.07) is 57.7. The van der Waals surface area contributed by atoms with E-state index in [1.54, 1.807) is 17.5 Å². The van der Waals surface area contributed by atoms with Crippen LogP contribution >= 0.6 is 11.3 Å². The van der Waals surface area contributed by atoms with Gasteiger partial charge in [-0.25, -0.2) is 0 Å². The van der Waals surface area contributed by atoms with Gasteiger partial charge < -0.3 is 9.55 Å². The Kier molecular flexibility index (Phi) is 10.1. The first-order valence-corrected chi connectivity index (χ1v) is 17.5. The number of para-hydroxylation sites is 2. The van der Waals surface area contributed by atoms with Crippen molar-refractivity contribution >= 4 is 32.5 Å². The molecule has 6 aromatic carbocycles. The van der Waals surface area contributed by atoms with Gasteiger partial charge in [0, 0.05) is 32.0 Å². The van der Waals surface area contributed by atoms with Gasteiger partial charge in [-0.1, -0.05) is 119 Å². The molecular weight excluding hydrogens is 819 g/mol. The molecule has 3 heterocycles. The van der Waals surface area contributed by atoms with E-state index < -0.39 is 0 Å². The molecule has 51 heavy (non-hydrogen) atoms. The van der Waals surface area contributed by atoms with Crippen LogP contribution in [-0.4, -0.2) is 14.5 Å². The maximum absolute atomic E-state index is 5.14. The first-order chi connectivity index (χ1) is 24.6. The van der Waals surface area contributed by atoms with Crippen LogP contribution in [0.4, 0.5) is 0 Å². The van der Waals surface area contributed by atoms with E-state index in [0.717, 1.165) is 39.4 Å². The molecule has 0 aliphatic heterocycles. The van der Waals surface area contributed by atoms with Gasteiger partial charge >= 0.3 is 0 Å². The minimum Gasteiger partial charge on any atom is -0.333 e. The summed E-state index contributed by atoms with van der Waals surface area (Å²) in [7, 11) is 0. The SMILES string of the molecule is Cc1cccc(C)c1-c1ccc2s[c-]c(-c3nc4ccccc4n3-c3ccc(-c4ccccc4)cc3)c2c1.[Ir].[c-]1ccccc1-c1ccccn1. The van der Waals surface area contributed by atoms with Crippen LogP contribution in [0.25, 0.3) is 71.7 Å². The van der Waals surface area contributed by atoms with Gasteiger partial charge in [-0.3, -0.25) is 16.3 Å². The molecule has 0 N–H and O–H groups in total. The van der Waals surface area contributed by atoms with Crippen molar-refractivity contribution in [3.63, 3.8) is 0 Å². The number of thiophene rings is 1. The zero-order valence-electron chi connectivity index (χ0n) is 28.2. The second kappa shape index (κ2) is 15.2. The molecular formula is C46H33IrN3S-2. The molecule has 0 bridgehead atoms. The van der Waals surface area contributed by atoms with Crippen molar-refractivity contribution in [1.29, 1.82) is 0 Å². The summed E-state index contributed by atoms with van der Waals surface area (Å²) >= 11 is 1.66. The number of nitrogens with zero attached hydrogens (tertiary/aromatic N) is 3. The Hall–Kier alpha value is -5.45. The van der Waals surface area contributed by atoms with Gasteiger partial charge in [0.15, 0.2) is 0 Å². The van der Waals surface area contributed by atoms with Crippen molar-refractivity contribution in [3.05, 3.63) is 186 Å². The van der Waals surface area contributed by atoms with Crippen molar-refractivity contribution in [2.45, 2.75) is 13.8 Å². The Morgan fingerprint density at radius 1 is 0.627 bits per heavy atom. The molecule has 3 nitrogen and oxygen atoms in total. The average molecular weight is 852 g/mol. The molecule has 249 valence electrons. The van der Waals surface area contributed by atoms with Crippen LogP contribution < -0.4 is 0 Å². The van der Waals surface area contributed by atoms with Crippen LogP contribution in [0.1, 0.15) is 11.1 Å². The second-order valence-electron chi connectivity index (χ2n) is 12.2. The Labute approximate surface area is 316 Å². The van der Waals surface area contributed by atoms with Gasteiger partial charge in [0.25, 0.3) is 0 Å². The molecule has 9 aromatic rings. The molecule has 0 aliphatic carbocycles. The number of pyridine rings is 1. The molecule has 0 aliphatic rings. The number of hydrogen-bond acceptors (Lipinski definition) is 3. The van der Waals surface area contributed by atoms with Crippen molar-refractivity contribution < 1.29 is 20.1 Å². The topological polar surface area (TPSA) is 30.7 Å². The zero-order chi connectivity index (χ0) is 33.9. The summed E-state index contributed by atoms with van der Waals surface area (Å²) in [6.45, 7) is 4.37. The van der Waals surface area contributed by atoms with Crippen LogP contribution in [0.3, 0.4) is 0 Å². The van der Waals surface area contributed by atoms with Gasteiger partial charge in [0.05, 0.1) is 16.9 Å². The number of hydrogen-bond donors (Lipinski definition) is 0. The summed E-state index contributed by atoms with van der Waals surface area (Å²) in [6.07, 6.45) is 1.79. The molecule has 0 spiro atoms. The third-order valence-corrected chi connectivity index (χ3v) is 9.83. The second-order valence-corrected chi connectivity index (χ2v) is 13.1. The van der Waals surface area contributed by atoms with Gasteiger partial charge in [0.2, 0.25) is 0 Å². The van der Waals surface area contributed by atoms with Crippen LogP contribution in [0.15, 0.2) is 164 Å². The van der Waals surface area contributed by atoms with E-state index in [2.05, 4.69) is 150 Å². The number of imidazole rings is 1. The fourth-order valence-corrected chi connectivity index (χ4v) is 7.35. The first-order valence-electron chi connectivity index (χ1n) is 16.7. The fraction of sp³-hybridized carbons (Fsp3) is 0.0435. The predicted octanol–water partition coefficient (Wildman–Crippen LogP) is 12.2. The molecule has 0 atom stereocenters. The first kappa shape index (κ1) is 34.0. The van der Waals surface area contributed by atoms with E-state index in [4.69, 9.17) is 4.98 Å². The van der Waals surface area contributed by atoms with E-state index >= 15 is 0 Å². The summed E-state index contributed by atoms with van der Waals surface area (Å²) in [5, 5.41) is 4.79. The van der Waals surface area contributed by atoms with E-state index in [1.807, 2.05) is 42.5 Å². The molecule has 5 heteroatoms. The third-order valence-electron chi connectivity index (χ3n) is 8.95. The molecule has 9 rings (SSSR count). The van der Waals surface area contributed by atoms with E-state index in [-0.39, 0.29) is 20.1 Å². The molecule has 0 saturated carbocycles. The van der Waals surface area contributed by atoms with Crippen LogP contribution in [0.5, 0.6) is 0 Å². The smallest absolute Gasteiger partial charge is 0.0774 e. The van der Waals surface area contributed by atoms with Crippen molar-refractivity contribution in [3.8, 4) is 50.6 Å². The number of aromatic nitrogens is 3. The van der Waals surface area contributed by atoms with Crippen LogP contribution in [-0.2, 0) is 20.1 Å². The van der Waals surface area contributed by atoms with Crippen molar-refractivity contribution in [2.24, 2.45) is 0 Å². The quantitative estimate of drug-likeness (QED) is 0.162. The molecule has 0 saturated heterocycles. The number of fused-ring (bicyclic) bond motifs is 2. The maximum atomic E-state index is 5.14. The predicted molar refractivity (Wildman–Crippen MR) is 210 cm³/mol. The molecule has 0 unspecified atom stereocenters. The largest absolute Gasteiger partial charge is 0.333 e. The van der Waals surface area contributed by atoms with Gasteiger partial charge in [0.1, 0.15) is 0 Å². The standard InChI is InChI=1S/C35H25N2S.C11H8N.Ir/c1-23-9-8-10-24(2)34(23)27-17-20-33-29(21-27)30(22-38-33)35-36-31-13-6-7-14-32(31)37(35)28-18-15-26(16-19-28)25-11-4-3-5-12-25;1-2-6-10(7-3-1)11-8-4-5-9-12-11;/h3-21H,1-2H3;1-6,8-9H;/q2*-1;. The zero-order valence-corrected chi connectivity index (χ0v) is 31.4. The maximum Gasteiger partial charge on any atom is 0.0774 e. The van der Waals surface area contributed by atoms with Crippen LogP contribution in [0.2, 0.25) is 0 Å². The molecule has 0 amide bonds. The average Bonchev–Trinajstić information content (AvgIpc) is 3.78. The number of rotatable bonds is 5.